The molecule has 290 valence electrons. The molecule has 0 spiro atoms. The van der Waals surface area contributed by atoms with Crippen LogP contribution in [0.25, 0.3) is 87.5 Å². The number of fused-ring (bicyclic) bond motifs is 6. The average Bonchev–Trinajstić information content (AvgIpc) is 3.89. The van der Waals surface area contributed by atoms with Crippen molar-refractivity contribution in [2.75, 3.05) is 0 Å². The first-order valence-corrected chi connectivity index (χ1v) is 22.0. The van der Waals surface area contributed by atoms with Gasteiger partial charge in [-0.3, -0.25) is 0 Å². The van der Waals surface area contributed by atoms with Gasteiger partial charge in [-0.1, -0.05) is 206 Å². The molecule has 2 heterocycles. The molecule has 2 nitrogen and oxygen atoms in total. The first-order valence-electron chi connectivity index (χ1n) is 21.1. The van der Waals surface area contributed by atoms with Crippen LogP contribution in [0.4, 0.5) is 0 Å². The van der Waals surface area contributed by atoms with Crippen LogP contribution >= 0.6 is 11.3 Å². The van der Waals surface area contributed by atoms with Crippen molar-refractivity contribution in [2.45, 2.75) is 5.41 Å². The Morgan fingerprint density at radius 3 is 1.65 bits per heavy atom. The van der Waals surface area contributed by atoms with Crippen LogP contribution in [-0.2, 0) is 5.41 Å². The lowest BCUT2D eigenvalue weighted by atomic mass is 9.67. The van der Waals surface area contributed by atoms with E-state index in [0.717, 1.165) is 33.6 Å². The fourth-order valence-corrected chi connectivity index (χ4v) is 11.0. The molecule has 62 heavy (non-hydrogen) atoms. The smallest absolute Gasteiger partial charge is 0.160 e. The summed E-state index contributed by atoms with van der Waals surface area (Å²) in [6.07, 6.45) is 0. The quantitative estimate of drug-likeness (QED) is 0.160. The van der Waals surface area contributed by atoms with Crippen molar-refractivity contribution in [3.05, 3.63) is 253 Å². The number of aromatic nitrogens is 2. The molecule has 9 aromatic carbocycles. The molecule has 0 saturated carbocycles. The molecule has 0 radical (unpaired) electrons. The van der Waals surface area contributed by atoms with Gasteiger partial charge in [-0.05, 0) is 79.9 Å². The number of nitrogens with zero attached hydrogens (tertiary/aromatic N) is 2. The van der Waals surface area contributed by atoms with E-state index in [1.165, 1.54) is 70.2 Å². The maximum atomic E-state index is 5.26. The summed E-state index contributed by atoms with van der Waals surface area (Å²) < 4.78 is 2.65. The summed E-state index contributed by atoms with van der Waals surface area (Å²) in [6.45, 7) is 0. The van der Waals surface area contributed by atoms with E-state index >= 15 is 0 Å². The third kappa shape index (κ3) is 5.85. The van der Waals surface area contributed by atoms with E-state index in [9.17, 15) is 0 Å². The summed E-state index contributed by atoms with van der Waals surface area (Å²) in [4.78, 5) is 10.5. The Hall–Kier alpha value is -7.72. The van der Waals surface area contributed by atoms with E-state index < -0.39 is 5.41 Å². The summed E-state index contributed by atoms with van der Waals surface area (Å²) >= 11 is 1.87. The number of hydrogen-bond acceptors (Lipinski definition) is 3. The predicted octanol–water partition coefficient (Wildman–Crippen LogP) is 15.5. The number of benzene rings is 9. The largest absolute Gasteiger partial charge is 0.228 e. The van der Waals surface area contributed by atoms with Crippen LogP contribution in [0, 0.1) is 0 Å². The number of hydrogen-bond donors (Lipinski definition) is 0. The molecule has 0 aliphatic heterocycles. The van der Waals surface area contributed by atoms with Gasteiger partial charge in [-0.15, -0.1) is 11.3 Å². The van der Waals surface area contributed by atoms with Gasteiger partial charge in [0.05, 0.1) is 16.8 Å². The van der Waals surface area contributed by atoms with Crippen molar-refractivity contribution in [3.63, 3.8) is 0 Å². The van der Waals surface area contributed by atoms with Gasteiger partial charge in [0.25, 0.3) is 0 Å². The third-order valence-electron chi connectivity index (χ3n) is 12.6. The van der Waals surface area contributed by atoms with Crippen molar-refractivity contribution in [1.29, 1.82) is 0 Å². The molecule has 0 bridgehead atoms. The topological polar surface area (TPSA) is 25.8 Å². The molecular formula is C59H38N2S. The molecule has 1 aliphatic carbocycles. The second-order valence-corrected chi connectivity index (χ2v) is 17.1. The Kier molecular flexibility index (Phi) is 8.62. The first kappa shape index (κ1) is 36.2. The lowest BCUT2D eigenvalue weighted by Gasteiger charge is -2.33. The molecule has 12 rings (SSSR count). The second-order valence-electron chi connectivity index (χ2n) is 16.1. The van der Waals surface area contributed by atoms with Crippen LogP contribution in [0.1, 0.15) is 22.3 Å². The summed E-state index contributed by atoms with van der Waals surface area (Å²) in [5.74, 6) is 0.703. The zero-order valence-corrected chi connectivity index (χ0v) is 34.6. The van der Waals surface area contributed by atoms with Crippen LogP contribution in [0.2, 0.25) is 0 Å². The van der Waals surface area contributed by atoms with Gasteiger partial charge in [0.15, 0.2) is 5.82 Å². The van der Waals surface area contributed by atoms with E-state index in [4.69, 9.17) is 9.97 Å². The zero-order valence-electron chi connectivity index (χ0n) is 33.7. The molecule has 0 N–H and O–H groups in total. The van der Waals surface area contributed by atoms with Gasteiger partial charge >= 0.3 is 0 Å². The van der Waals surface area contributed by atoms with E-state index in [1.807, 2.05) is 29.5 Å². The predicted molar refractivity (Wildman–Crippen MR) is 259 cm³/mol. The van der Waals surface area contributed by atoms with Crippen LogP contribution in [0.5, 0.6) is 0 Å². The molecule has 2 aromatic heterocycles. The SMILES string of the molecule is c1ccc(-c2nc(-c3ccc(-c4cccc(-c5cccc6c5sc5ccccc56)c4)cc3)cc(-c3ccc4c(c3)-c3ccccc3C4(c3ccccc3)c3ccccc3)n2)cc1. The Labute approximate surface area is 365 Å². The molecule has 0 unspecified atom stereocenters. The lowest BCUT2D eigenvalue weighted by Crippen LogP contribution is -2.28. The van der Waals surface area contributed by atoms with E-state index in [2.05, 4.69) is 212 Å². The maximum absolute atomic E-state index is 5.26. The standard InChI is InChI=1S/C59H38N2S/c1-4-16-41(17-5-1)58-60-54(40-32-30-39(31-33-40)42-18-14-19-43(36-42)47-26-15-27-50-49-25-11-13-29-56(49)62-57(47)50)38-55(61-58)44-34-35-53-51(37-44)48-24-10-12-28-52(48)59(53,45-20-6-2-7-21-45)46-22-8-3-9-23-46/h1-38H. The van der Waals surface area contributed by atoms with Crippen LogP contribution in [0.3, 0.4) is 0 Å². The first-order chi connectivity index (χ1) is 30.7. The van der Waals surface area contributed by atoms with Crippen LogP contribution < -0.4 is 0 Å². The minimum Gasteiger partial charge on any atom is -0.228 e. The van der Waals surface area contributed by atoms with Gasteiger partial charge < -0.3 is 0 Å². The van der Waals surface area contributed by atoms with Crippen molar-refractivity contribution >= 4 is 31.5 Å². The average molecular weight is 807 g/mol. The molecule has 0 saturated heterocycles. The Morgan fingerprint density at radius 2 is 0.871 bits per heavy atom. The molecule has 11 aromatic rings. The second kappa shape index (κ2) is 14.8. The summed E-state index contributed by atoms with van der Waals surface area (Å²) in [7, 11) is 0. The normalized spacial score (nSPS) is 12.6. The highest BCUT2D eigenvalue weighted by Crippen LogP contribution is 2.56. The molecular weight excluding hydrogens is 769 g/mol. The Bertz CT molecular complexity index is 3400. The van der Waals surface area contributed by atoms with Crippen molar-refractivity contribution in [2.24, 2.45) is 0 Å². The van der Waals surface area contributed by atoms with E-state index in [0.29, 0.717) is 5.82 Å². The minimum atomic E-state index is -0.452. The summed E-state index contributed by atoms with van der Waals surface area (Å²) in [6, 6.07) is 83.3. The molecule has 0 amide bonds. The number of thiophene rings is 1. The number of rotatable bonds is 7. The van der Waals surface area contributed by atoms with Gasteiger partial charge in [-0.25, -0.2) is 9.97 Å². The van der Waals surface area contributed by atoms with Gasteiger partial charge in [0.1, 0.15) is 0 Å². The minimum absolute atomic E-state index is 0.452. The van der Waals surface area contributed by atoms with Crippen molar-refractivity contribution in [3.8, 4) is 67.3 Å². The fraction of sp³-hybridized carbons (Fsp3) is 0.0169. The van der Waals surface area contributed by atoms with E-state index in [-0.39, 0.29) is 0 Å². The lowest BCUT2D eigenvalue weighted by molar-refractivity contribution is 0.768. The van der Waals surface area contributed by atoms with Gasteiger partial charge in [0.2, 0.25) is 0 Å². The molecule has 1 aliphatic rings. The highest BCUT2D eigenvalue weighted by Gasteiger charge is 2.46. The van der Waals surface area contributed by atoms with Crippen LogP contribution in [0.15, 0.2) is 231 Å². The Balaban J connectivity index is 0.954. The van der Waals surface area contributed by atoms with Gasteiger partial charge in [0, 0.05) is 36.9 Å². The van der Waals surface area contributed by atoms with E-state index in [1.54, 1.807) is 0 Å². The highest BCUT2D eigenvalue weighted by atomic mass is 32.1. The molecule has 3 heteroatoms. The van der Waals surface area contributed by atoms with Gasteiger partial charge in [-0.2, -0.15) is 0 Å². The molecule has 0 fully saturated rings. The van der Waals surface area contributed by atoms with Crippen molar-refractivity contribution < 1.29 is 0 Å². The van der Waals surface area contributed by atoms with Crippen molar-refractivity contribution in [1.82, 2.24) is 9.97 Å². The monoisotopic (exact) mass is 806 g/mol. The fourth-order valence-electron chi connectivity index (χ4n) is 9.74. The summed E-state index contributed by atoms with van der Waals surface area (Å²) in [5.41, 5.74) is 16.8. The maximum Gasteiger partial charge on any atom is 0.160 e. The zero-order chi connectivity index (χ0) is 41.0. The Morgan fingerprint density at radius 1 is 0.323 bits per heavy atom. The summed E-state index contributed by atoms with van der Waals surface area (Å²) in [5, 5.41) is 2.63. The third-order valence-corrected chi connectivity index (χ3v) is 13.8. The molecule has 0 atom stereocenters. The highest BCUT2D eigenvalue weighted by molar-refractivity contribution is 7.26. The van der Waals surface area contributed by atoms with Crippen LogP contribution in [-0.4, -0.2) is 9.97 Å².